The maximum Gasteiger partial charge on any atom is 0.310 e. The van der Waals surface area contributed by atoms with E-state index in [4.69, 9.17) is 9.47 Å². The quantitative estimate of drug-likeness (QED) is 0.752. The molecule has 136 valence electrons. The van der Waals surface area contributed by atoms with Gasteiger partial charge in [0.15, 0.2) is 6.61 Å². The van der Waals surface area contributed by atoms with Crippen molar-refractivity contribution >= 4 is 11.9 Å². The predicted octanol–water partition coefficient (Wildman–Crippen LogP) is 1.30. The second kappa shape index (κ2) is 8.97. The number of likely N-dealkylation sites (tertiary alicyclic amines) is 1. The number of esters is 1. The van der Waals surface area contributed by atoms with Crippen molar-refractivity contribution in [3.63, 3.8) is 0 Å². The number of carbonyl (C=O) groups excluding carboxylic acids is 2. The van der Waals surface area contributed by atoms with E-state index in [9.17, 15) is 9.59 Å². The first-order chi connectivity index (χ1) is 12.2. The van der Waals surface area contributed by atoms with Gasteiger partial charge in [-0.1, -0.05) is 30.3 Å². The lowest BCUT2D eigenvalue weighted by Crippen LogP contribution is -2.44. The number of morpholine rings is 1. The van der Waals surface area contributed by atoms with Crippen LogP contribution in [0, 0.1) is 5.92 Å². The lowest BCUT2D eigenvalue weighted by atomic mass is 9.98. The maximum atomic E-state index is 12.3. The smallest absolute Gasteiger partial charge is 0.310 e. The molecule has 0 aliphatic carbocycles. The predicted molar refractivity (Wildman–Crippen MR) is 92.8 cm³/mol. The Labute approximate surface area is 148 Å². The monoisotopic (exact) mass is 346 g/mol. The summed E-state index contributed by atoms with van der Waals surface area (Å²) in [5.41, 5.74) is 1.25. The molecule has 0 spiro atoms. The first-order valence-corrected chi connectivity index (χ1v) is 9.01. The van der Waals surface area contributed by atoms with Crippen LogP contribution in [0.4, 0.5) is 0 Å². The molecule has 3 rings (SSSR count). The Balaban J connectivity index is 1.44. The number of hydrogen-bond acceptors (Lipinski definition) is 5. The third-order valence-electron chi connectivity index (χ3n) is 4.79. The van der Waals surface area contributed by atoms with E-state index >= 15 is 0 Å². The van der Waals surface area contributed by atoms with Crippen molar-refractivity contribution in [3.8, 4) is 0 Å². The van der Waals surface area contributed by atoms with Crippen LogP contribution in [0.1, 0.15) is 18.4 Å². The molecule has 25 heavy (non-hydrogen) atoms. The van der Waals surface area contributed by atoms with E-state index in [0.29, 0.717) is 32.8 Å². The Morgan fingerprint density at radius 3 is 2.64 bits per heavy atom. The molecule has 2 aliphatic rings. The molecule has 0 bridgehead atoms. The number of piperidine rings is 1. The van der Waals surface area contributed by atoms with Crippen LogP contribution < -0.4 is 0 Å². The summed E-state index contributed by atoms with van der Waals surface area (Å²) in [6.45, 7) is 4.62. The minimum Gasteiger partial charge on any atom is -0.455 e. The summed E-state index contributed by atoms with van der Waals surface area (Å²) in [4.78, 5) is 28.4. The summed E-state index contributed by atoms with van der Waals surface area (Å²) in [6, 6.07) is 10.3. The topological polar surface area (TPSA) is 59.1 Å². The molecular formula is C19H26N2O4. The molecule has 0 radical (unpaired) electrons. The Morgan fingerprint density at radius 2 is 1.88 bits per heavy atom. The van der Waals surface area contributed by atoms with Crippen LogP contribution in [0.3, 0.4) is 0 Å². The number of carbonyl (C=O) groups is 2. The standard InChI is InChI=1S/C19H26N2O4/c22-18(21-9-11-24-12-10-21)15-25-19(23)17-7-4-8-20(14-17)13-16-5-2-1-3-6-16/h1-3,5-6,17H,4,7-15H2. The summed E-state index contributed by atoms with van der Waals surface area (Å²) in [5.74, 6) is -0.525. The van der Waals surface area contributed by atoms with Gasteiger partial charge in [0, 0.05) is 26.2 Å². The van der Waals surface area contributed by atoms with Crippen LogP contribution in [0.5, 0.6) is 0 Å². The molecule has 0 saturated carbocycles. The van der Waals surface area contributed by atoms with Gasteiger partial charge in [-0.2, -0.15) is 0 Å². The zero-order chi connectivity index (χ0) is 17.5. The van der Waals surface area contributed by atoms with Crippen molar-refractivity contribution in [1.82, 2.24) is 9.80 Å². The van der Waals surface area contributed by atoms with Crippen molar-refractivity contribution in [1.29, 1.82) is 0 Å². The molecule has 2 aliphatic heterocycles. The molecule has 2 heterocycles. The van der Waals surface area contributed by atoms with Gasteiger partial charge >= 0.3 is 5.97 Å². The first kappa shape index (κ1) is 17.9. The molecule has 1 amide bonds. The molecule has 6 heteroatoms. The highest BCUT2D eigenvalue weighted by molar-refractivity contribution is 5.81. The molecule has 1 aromatic rings. The Kier molecular flexibility index (Phi) is 6.42. The first-order valence-electron chi connectivity index (χ1n) is 9.01. The van der Waals surface area contributed by atoms with E-state index < -0.39 is 0 Å². The van der Waals surface area contributed by atoms with Crippen molar-refractivity contribution in [2.24, 2.45) is 5.92 Å². The summed E-state index contributed by atoms with van der Waals surface area (Å²) >= 11 is 0. The van der Waals surface area contributed by atoms with E-state index in [0.717, 1.165) is 25.9 Å². The zero-order valence-corrected chi connectivity index (χ0v) is 14.6. The SMILES string of the molecule is O=C(OCC(=O)N1CCOCC1)C1CCCN(Cc2ccccc2)C1. The molecular weight excluding hydrogens is 320 g/mol. The summed E-state index contributed by atoms with van der Waals surface area (Å²) in [7, 11) is 0. The normalized spacial score (nSPS) is 21.8. The van der Waals surface area contributed by atoms with E-state index in [1.54, 1.807) is 4.90 Å². The lowest BCUT2D eigenvalue weighted by Gasteiger charge is -2.31. The fraction of sp³-hybridized carbons (Fsp3) is 0.579. The molecule has 1 unspecified atom stereocenters. The molecule has 1 aromatic carbocycles. The van der Waals surface area contributed by atoms with Gasteiger partial charge in [0.25, 0.3) is 5.91 Å². The minimum atomic E-state index is -0.251. The number of nitrogens with zero attached hydrogens (tertiary/aromatic N) is 2. The number of ether oxygens (including phenoxy) is 2. The van der Waals surface area contributed by atoms with Gasteiger partial charge in [-0.3, -0.25) is 14.5 Å². The van der Waals surface area contributed by atoms with Crippen molar-refractivity contribution in [2.75, 3.05) is 46.0 Å². The van der Waals surface area contributed by atoms with Gasteiger partial charge in [-0.15, -0.1) is 0 Å². The summed E-state index contributed by atoms with van der Waals surface area (Å²) in [6.07, 6.45) is 1.81. The van der Waals surface area contributed by atoms with Crippen LogP contribution in [-0.2, 0) is 25.6 Å². The highest BCUT2D eigenvalue weighted by atomic mass is 16.5. The largest absolute Gasteiger partial charge is 0.455 e. The Bertz CT molecular complexity index is 572. The minimum absolute atomic E-state index is 0.131. The van der Waals surface area contributed by atoms with Gasteiger partial charge in [0.1, 0.15) is 0 Å². The summed E-state index contributed by atoms with van der Waals surface area (Å²) in [5, 5.41) is 0. The van der Waals surface area contributed by atoms with Crippen LogP contribution in [0.25, 0.3) is 0 Å². The molecule has 2 saturated heterocycles. The molecule has 1 atom stereocenters. The second-order valence-corrected chi connectivity index (χ2v) is 6.66. The van der Waals surface area contributed by atoms with Crippen molar-refractivity contribution < 1.29 is 19.1 Å². The third kappa shape index (κ3) is 5.28. The average Bonchev–Trinajstić information content (AvgIpc) is 2.67. The maximum absolute atomic E-state index is 12.3. The number of hydrogen-bond donors (Lipinski definition) is 0. The second-order valence-electron chi connectivity index (χ2n) is 6.66. The van der Waals surface area contributed by atoms with Gasteiger partial charge in [-0.25, -0.2) is 0 Å². The number of amides is 1. The Hall–Kier alpha value is -1.92. The number of benzene rings is 1. The van der Waals surface area contributed by atoms with E-state index in [2.05, 4.69) is 17.0 Å². The fourth-order valence-electron chi connectivity index (χ4n) is 3.39. The third-order valence-corrected chi connectivity index (χ3v) is 4.79. The lowest BCUT2D eigenvalue weighted by molar-refractivity contribution is -0.158. The van der Waals surface area contributed by atoms with E-state index in [1.165, 1.54) is 5.56 Å². The van der Waals surface area contributed by atoms with Crippen molar-refractivity contribution in [2.45, 2.75) is 19.4 Å². The van der Waals surface area contributed by atoms with Crippen LogP contribution >= 0.6 is 0 Å². The van der Waals surface area contributed by atoms with E-state index in [1.807, 2.05) is 18.2 Å². The molecule has 2 fully saturated rings. The van der Waals surface area contributed by atoms with Gasteiger partial charge in [0.05, 0.1) is 19.1 Å². The van der Waals surface area contributed by atoms with Gasteiger partial charge in [-0.05, 0) is 24.9 Å². The van der Waals surface area contributed by atoms with Crippen LogP contribution in [0.2, 0.25) is 0 Å². The fourth-order valence-corrected chi connectivity index (χ4v) is 3.39. The highest BCUT2D eigenvalue weighted by Gasteiger charge is 2.28. The van der Waals surface area contributed by atoms with E-state index in [-0.39, 0.29) is 24.4 Å². The highest BCUT2D eigenvalue weighted by Crippen LogP contribution is 2.20. The molecule has 0 aromatic heterocycles. The average molecular weight is 346 g/mol. The van der Waals surface area contributed by atoms with Crippen LogP contribution in [0.15, 0.2) is 30.3 Å². The zero-order valence-electron chi connectivity index (χ0n) is 14.6. The summed E-state index contributed by atoms with van der Waals surface area (Å²) < 4.78 is 10.5. The molecule has 6 nitrogen and oxygen atoms in total. The van der Waals surface area contributed by atoms with Gasteiger partial charge in [0.2, 0.25) is 0 Å². The number of rotatable bonds is 5. The molecule has 0 N–H and O–H groups in total. The van der Waals surface area contributed by atoms with Crippen molar-refractivity contribution in [3.05, 3.63) is 35.9 Å². The van der Waals surface area contributed by atoms with Gasteiger partial charge < -0.3 is 14.4 Å². The Morgan fingerprint density at radius 1 is 1.12 bits per heavy atom. The van der Waals surface area contributed by atoms with Crippen LogP contribution in [-0.4, -0.2) is 67.7 Å².